The second-order valence-electron chi connectivity index (χ2n) is 4.40. The molecule has 3 aromatic rings. The third-order valence-corrected chi connectivity index (χ3v) is 4.19. The normalized spacial score (nSPS) is 10.8. The number of aromatic nitrogens is 2. The lowest BCUT2D eigenvalue weighted by molar-refractivity contribution is 0.313. The third-order valence-electron chi connectivity index (χ3n) is 2.93. The molecular formula is C15H14ClN3OS. The van der Waals surface area contributed by atoms with Gasteiger partial charge in [0.2, 0.25) is 0 Å². The summed E-state index contributed by atoms with van der Waals surface area (Å²) in [5.74, 6) is 0.730. The number of hydrogen-bond acceptors (Lipinski definition) is 5. The summed E-state index contributed by atoms with van der Waals surface area (Å²) in [5.41, 5.74) is 0.779. The molecule has 0 aliphatic carbocycles. The molecule has 0 spiro atoms. The lowest BCUT2D eigenvalue weighted by Crippen LogP contribution is -1.95. The molecule has 108 valence electrons. The second kappa shape index (κ2) is 6.28. The average molecular weight is 320 g/mol. The number of rotatable bonds is 5. The highest BCUT2D eigenvalue weighted by atomic mass is 35.5. The zero-order chi connectivity index (χ0) is 14.7. The molecule has 0 aliphatic heterocycles. The van der Waals surface area contributed by atoms with E-state index in [4.69, 9.17) is 16.3 Å². The Morgan fingerprint density at radius 3 is 3.05 bits per heavy atom. The van der Waals surface area contributed by atoms with Crippen molar-refractivity contribution in [3.05, 3.63) is 46.6 Å². The van der Waals surface area contributed by atoms with Gasteiger partial charge in [-0.25, -0.2) is 4.98 Å². The molecule has 0 amide bonds. The monoisotopic (exact) mass is 319 g/mol. The zero-order valence-electron chi connectivity index (χ0n) is 11.5. The molecule has 0 radical (unpaired) electrons. The summed E-state index contributed by atoms with van der Waals surface area (Å²) in [6.45, 7) is 3.37. The van der Waals surface area contributed by atoms with E-state index < -0.39 is 0 Å². The molecule has 2 heterocycles. The van der Waals surface area contributed by atoms with E-state index >= 15 is 0 Å². The number of nitrogens with zero attached hydrogens (tertiary/aromatic N) is 2. The van der Waals surface area contributed by atoms with Crippen LogP contribution in [0.5, 0.6) is 5.75 Å². The summed E-state index contributed by atoms with van der Waals surface area (Å²) in [6, 6.07) is 7.49. The molecule has 1 N–H and O–H groups in total. The fraction of sp³-hybridized carbons (Fsp3) is 0.200. The second-order valence-corrected chi connectivity index (χ2v) is 5.92. The molecule has 0 fully saturated rings. The summed E-state index contributed by atoms with van der Waals surface area (Å²) < 4.78 is 5.87. The number of thiazole rings is 1. The van der Waals surface area contributed by atoms with E-state index in [1.54, 1.807) is 17.5 Å². The fourth-order valence-electron chi connectivity index (χ4n) is 1.98. The van der Waals surface area contributed by atoms with Crippen molar-refractivity contribution in [3.63, 3.8) is 0 Å². The maximum absolute atomic E-state index is 6.17. The molecule has 0 saturated heterocycles. The minimum absolute atomic E-state index is 0.469. The molecule has 0 bridgehead atoms. The van der Waals surface area contributed by atoms with Crippen molar-refractivity contribution in [1.29, 1.82) is 0 Å². The molecule has 1 aromatic carbocycles. The van der Waals surface area contributed by atoms with Gasteiger partial charge in [-0.15, -0.1) is 0 Å². The Balaban J connectivity index is 1.80. The Morgan fingerprint density at radius 2 is 2.19 bits per heavy atom. The van der Waals surface area contributed by atoms with E-state index in [0.717, 1.165) is 33.2 Å². The van der Waals surface area contributed by atoms with Crippen LogP contribution < -0.4 is 10.1 Å². The maximum atomic E-state index is 6.17. The maximum Gasteiger partial charge on any atom is 0.182 e. The summed E-state index contributed by atoms with van der Waals surface area (Å²) in [7, 11) is 0. The smallest absolute Gasteiger partial charge is 0.182 e. The Hall–Kier alpha value is -1.85. The molecule has 0 saturated carbocycles. The van der Waals surface area contributed by atoms with E-state index in [1.807, 2.05) is 37.4 Å². The molecule has 0 atom stereocenters. The number of anilines is 1. The van der Waals surface area contributed by atoms with E-state index in [9.17, 15) is 0 Å². The first-order valence-corrected chi connectivity index (χ1v) is 7.82. The van der Waals surface area contributed by atoms with Crippen LogP contribution in [-0.2, 0) is 6.61 Å². The van der Waals surface area contributed by atoms with Crippen molar-refractivity contribution in [2.24, 2.45) is 0 Å². The van der Waals surface area contributed by atoms with E-state index in [1.165, 1.54) is 0 Å². The molecule has 3 rings (SSSR count). The number of halogens is 1. The van der Waals surface area contributed by atoms with Crippen LogP contribution in [-0.4, -0.2) is 16.5 Å². The molecule has 4 nitrogen and oxygen atoms in total. The number of benzene rings is 1. The lowest BCUT2D eigenvalue weighted by Gasteiger charge is -2.08. The molecule has 0 unspecified atom stereocenters. The van der Waals surface area contributed by atoms with Crippen molar-refractivity contribution in [1.82, 2.24) is 9.97 Å². The number of fused-ring (bicyclic) bond motifs is 1. The third kappa shape index (κ3) is 3.09. The van der Waals surface area contributed by atoms with Gasteiger partial charge in [-0.1, -0.05) is 22.9 Å². The van der Waals surface area contributed by atoms with Crippen molar-refractivity contribution < 1.29 is 4.74 Å². The van der Waals surface area contributed by atoms with Gasteiger partial charge in [0.1, 0.15) is 17.9 Å². The molecule has 21 heavy (non-hydrogen) atoms. The van der Waals surface area contributed by atoms with Crippen molar-refractivity contribution in [2.45, 2.75) is 13.5 Å². The number of hydrogen-bond donors (Lipinski definition) is 1. The molecular weight excluding hydrogens is 306 g/mol. The Labute approximate surface area is 131 Å². The van der Waals surface area contributed by atoms with Crippen LogP contribution in [0.25, 0.3) is 10.9 Å². The van der Waals surface area contributed by atoms with Crippen molar-refractivity contribution in [2.75, 3.05) is 11.9 Å². The van der Waals surface area contributed by atoms with Gasteiger partial charge in [0, 0.05) is 24.3 Å². The van der Waals surface area contributed by atoms with Crippen LogP contribution >= 0.6 is 22.9 Å². The highest BCUT2D eigenvalue weighted by Gasteiger charge is 2.08. The van der Waals surface area contributed by atoms with Crippen LogP contribution in [0, 0.1) is 0 Å². The SMILES string of the molecule is CCNc1ncc(COc2ccc(Cl)c3cccnc23)s1. The molecule has 2 aromatic heterocycles. The zero-order valence-corrected chi connectivity index (χ0v) is 13.0. The summed E-state index contributed by atoms with van der Waals surface area (Å²) in [5, 5.41) is 5.67. The average Bonchev–Trinajstić information content (AvgIpc) is 2.95. The quantitative estimate of drug-likeness (QED) is 0.759. The number of nitrogens with one attached hydrogen (secondary N) is 1. The van der Waals surface area contributed by atoms with Crippen molar-refractivity contribution >= 4 is 39.0 Å². The minimum Gasteiger partial charge on any atom is -0.486 e. The van der Waals surface area contributed by atoms with Crippen LogP contribution in [0.3, 0.4) is 0 Å². The Bertz CT molecular complexity index is 760. The predicted octanol–water partition coefficient (Wildman–Crippen LogP) is 4.36. The van der Waals surface area contributed by atoms with Gasteiger partial charge in [0.05, 0.1) is 9.90 Å². The molecule has 6 heteroatoms. The first kappa shape index (κ1) is 14.1. The summed E-state index contributed by atoms with van der Waals surface area (Å²) in [4.78, 5) is 9.70. The standard InChI is InChI=1S/C15H14ClN3OS/c1-2-17-15-19-8-10(21-15)9-20-13-6-5-12(16)11-4-3-7-18-14(11)13/h3-8H,2,9H2,1H3,(H,17,19). The Kier molecular flexibility index (Phi) is 4.22. The van der Waals surface area contributed by atoms with Gasteiger partial charge in [-0.2, -0.15) is 0 Å². The van der Waals surface area contributed by atoms with Gasteiger partial charge in [-0.05, 0) is 31.2 Å². The predicted molar refractivity (Wildman–Crippen MR) is 87.4 cm³/mol. The highest BCUT2D eigenvalue weighted by molar-refractivity contribution is 7.15. The van der Waals surface area contributed by atoms with E-state index in [2.05, 4.69) is 15.3 Å². The highest BCUT2D eigenvalue weighted by Crippen LogP contribution is 2.30. The van der Waals surface area contributed by atoms with Crippen LogP contribution in [0.15, 0.2) is 36.7 Å². The first-order chi connectivity index (χ1) is 10.3. The number of ether oxygens (including phenoxy) is 1. The van der Waals surface area contributed by atoms with E-state index in [-0.39, 0.29) is 0 Å². The van der Waals surface area contributed by atoms with Gasteiger partial charge in [-0.3, -0.25) is 4.98 Å². The van der Waals surface area contributed by atoms with E-state index in [0.29, 0.717) is 11.6 Å². The first-order valence-electron chi connectivity index (χ1n) is 6.62. The van der Waals surface area contributed by atoms with Crippen LogP contribution in [0.4, 0.5) is 5.13 Å². The van der Waals surface area contributed by atoms with Gasteiger partial charge < -0.3 is 10.1 Å². The van der Waals surface area contributed by atoms with Gasteiger partial charge >= 0.3 is 0 Å². The van der Waals surface area contributed by atoms with Crippen LogP contribution in [0.2, 0.25) is 5.02 Å². The largest absolute Gasteiger partial charge is 0.486 e. The summed E-state index contributed by atoms with van der Waals surface area (Å²) >= 11 is 7.76. The fourth-order valence-corrected chi connectivity index (χ4v) is 2.99. The van der Waals surface area contributed by atoms with Crippen LogP contribution in [0.1, 0.15) is 11.8 Å². The number of pyridine rings is 1. The molecule has 0 aliphatic rings. The topological polar surface area (TPSA) is 47.0 Å². The van der Waals surface area contributed by atoms with Crippen molar-refractivity contribution in [3.8, 4) is 5.75 Å². The lowest BCUT2D eigenvalue weighted by atomic mass is 10.2. The summed E-state index contributed by atoms with van der Waals surface area (Å²) in [6.07, 6.45) is 3.57. The minimum atomic E-state index is 0.469. The Morgan fingerprint density at radius 1 is 1.29 bits per heavy atom. The van der Waals surface area contributed by atoms with Gasteiger partial charge in [0.25, 0.3) is 0 Å². The van der Waals surface area contributed by atoms with Gasteiger partial charge in [0.15, 0.2) is 5.13 Å².